The van der Waals surface area contributed by atoms with Crippen molar-refractivity contribution in [1.29, 1.82) is 0 Å². The molecule has 0 saturated carbocycles. The van der Waals surface area contributed by atoms with Gasteiger partial charge in [-0.2, -0.15) is 0 Å². The number of hydrogen-bond donors (Lipinski definition) is 1. The van der Waals surface area contributed by atoms with Crippen molar-refractivity contribution in [3.63, 3.8) is 0 Å². The van der Waals surface area contributed by atoms with E-state index in [0.717, 1.165) is 37.3 Å². The Hall–Kier alpha value is -1.30. The molecule has 0 amide bonds. The van der Waals surface area contributed by atoms with Crippen LogP contribution in [0.2, 0.25) is 0 Å². The lowest BCUT2D eigenvalue weighted by Gasteiger charge is -2.22. The highest BCUT2D eigenvalue weighted by Gasteiger charge is 2.15. The maximum absolute atomic E-state index is 13.9. The molecule has 0 aliphatic carbocycles. The molecule has 21 heavy (non-hydrogen) atoms. The normalized spacial score (nSPS) is 12.8. The van der Waals surface area contributed by atoms with Crippen LogP contribution >= 0.6 is 11.3 Å². The number of rotatable bonds is 8. The molecular weight excluding hydrogens is 285 g/mol. The minimum Gasteiger partial charge on any atom is -0.310 e. The van der Waals surface area contributed by atoms with Crippen LogP contribution in [0.25, 0.3) is 0 Å². The summed E-state index contributed by atoms with van der Waals surface area (Å²) in [4.78, 5) is 6.52. The fourth-order valence-electron chi connectivity index (χ4n) is 2.39. The summed E-state index contributed by atoms with van der Waals surface area (Å²) >= 11 is 1.61. The maximum Gasteiger partial charge on any atom is 0.127 e. The van der Waals surface area contributed by atoms with Crippen LogP contribution in [-0.4, -0.2) is 30.0 Å². The van der Waals surface area contributed by atoms with E-state index in [2.05, 4.69) is 27.6 Å². The molecule has 0 radical (unpaired) electrons. The third kappa shape index (κ3) is 4.88. The average Bonchev–Trinajstić information content (AvgIpc) is 2.97. The molecule has 1 unspecified atom stereocenters. The fraction of sp³-hybridized carbons (Fsp3) is 0.438. The molecule has 0 fully saturated rings. The van der Waals surface area contributed by atoms with Crippen molar-refractivity contribution >= 4 is 11.3 Å². The largest absolute Gasteiger partial charge is 0.310 e. The maximum atomic E-state index is 13.9. The third-order valence-electron chi connectivity index (χ3n) is 3.45. The first-order valence-corrected chi connectivity index (χ1v) is 8.18. The SMILES string of the molecule is CCNC(CCN(C)Cc1cscn1)c1ccccc1F. The van der Waals surface area contributed by atoms with Gasteiger partial charge in [-0.3, -0.25) is 0 Å². The molecule has 1 aromatic heterocycles. The number of halogens is 1. The van der Waals surface area contributed by atoms with Gasteiger partial charge in [0.15, 0.2) is 0 Å². The lowest BCUT2D eigenvalue weighted by atomic mass is 10.0. The molecule has 0 saturated heterocycles. The van der Waals surface area contributed by atoms with Gasteiger partial charge in [-0.25, -0.2) is 9.37 Å². The first-order valence-electron chi connectivity index (χ1n) is 7.24. The van der Waals surface area contributed by atoms with Crippen LogP contribution in [-0.2, 0) is 6.54 Å². The molecule has 0 aliphatic rings. The highest BCUT2D eigenvalue weighted by atomic mass is 32.1. The van der Waals surface area contributed by atoms with Gasteiger partial charge in [-0.15, -0.1) is 11.3 Å². The number of hydrogen-bond acceptors (Lipinski definition) is 4. The lowest BCUT2D eigenvalue weighted by Crippen LogP contribution is -2.27. The quantitative estimate of drug-likeness (QED) is 0.809. The first kappa shape index (κ1) is 16.1. The summed E-state index contributed by atoms with van der Waals surface area (Å²) in [5.74, 6) is -0.134. The summed E-state index contributed by atoms with van der Waals surface area (Å²) in [7, 11) is 2.07. The van der Waals surface area contributed by atoms with Crippen molar-refractivity contribution in [3.8, 4) is 0 Å². The van der Waals surface area contributed by atoms with Gasteiger partial charge in [0.1, 0.15) is 5.82 Å². The predicted molar refractivity (Wildman–Crippen MR) is 85.9 cm³/mol. The van der Waals surface area contributed by atoms with Crippen molar-refractivity contribution in [3.05, 3.63) is 52.2 Å². The monoisotopic (exact) mass is 307 g/mol. The number of thiazole rings is 1. The van der Waals surface area contributed by atoms with Crippen LogP contribution in [0.4, 0.5) is 4.39 Å². The second-order valence-corrected chi connectivity index (χ2v) is 5.86. The minimum atomic E-state index is -0.134. The van der Waals surface area contributed by atoms with E-state index in [4.69, 9.17) is 0 Å². The molecule has 0 bridgehead atoms. The number of benzene rings is 1. The number of nitrogens with zero attached hydrogens (tertiary/aromatic N) is 2. The van der Waals surface area contributed by atoms with Gasteiger partial charge in [0.2, 0.25) is 0 Å². The number of nitrogens with one attached hydrogen (secondary N) is 1. The summed E-state index contributed by atoms with van der Waals surface area (Å²) in [5.41, 5.74) is 3.69. The molecule has 2 rings (SSSR count). The second kappa shape index (κ2) is 8.22. The van der Waals surface area contributed by atoms with Gasteiger partial charge in [0.05, 0.1) is 11.2 Å². The molecule has 0 spiro atoms. The van der Waals surface area contributed by atoms with Crippen molar-refractivity contribution in [2.24, 2.45) is 0 Å². The zero-order valence-corrected chi connectivity index (χ0v) is 13.4. The van der Waals surface area contributed by atoms with Crippen LogP contribution in [0.15, 0.2) is 35.2 Å². The van der Waals surface area contributed by atoms with E-state index >= 15 is 0 Å². The van der Waals surface area contributed by atoms with Gasteiger partial charge in [-0.05, 0) is 26.1 Å². The van der Waals surface area contributed by atoms with Crippen molar-refractivity contribution in [2.75, 3.05) is 20.1 Å². The Labute approximate surface area is 129 Å². The summed E-state index contributed by atoms with van der Waals surface area (Å²) in [5, 5.41) is 5.44. The molecule has 1 heterocycles. The highest BCUT2D eigenvalue weighted by molar-refractivity contribution is 7.07. The Morgan fingerprint density at radius 1 is 1.38 bits per heavy atom. The van der Waals surface area contributed by atoms with Crippen molar-refractivity contribution in [2.45, 2.75) is 25.9 Å². The highest BCUT2D eigenvalue weighted by Crippen LogP contribution is 2.20. The standard InChI is InChI=1S/C16H22FN3S/c1-3-18-16(14-6-4-5-7-15(14)17)8-9-20(2)10-13-11-21-12-19-13/h4-7,11-12,16,18H,3,8-10H2,1-2H3. The summed E-state index contributed by atoms with van der Waals surface area (Å²) in [6, 6.07) is 7.06. The van der Waals surface area contributed by atoms with E-state index in [1.54, 1.807) is 17.4 Å². The molecular formula is C16H22FN3S. The Bertz CT molecular complexity index is 530. The van der Waals surface area contributed by atoms with Gasteiger partial charge in [-0.1, -0.05) is 25.1 Å². The van der Waals surface area contributed by atoms with E-state index in [1.807, 2.05) is 24.6 Å². The first-order chi connectivity index (χ1) is 10.2. The molecule has 0 aliphatic heterocycles. The Morgan fingerprint density at radius 3 is 2.86 bits per heavy atom. The van der Waals surface area contributed by atoms with Crippen LogP contribution < -0.4 is 5.32 Å². The predicted octanol–water partition coefficient (Wildman–Crippen LogP) is 3.45. The average molecular weight is 307 g/mol. The lowest BCUT2D eigenvalue weighted by molar-refractivity contribution is 0.297. The van der Waals surface area contributed by atoms with Gasteiger partial charge in [0.25, 0.3) is 0 Å². The van der Waals surface area contributed by atoms with E-state index in [-0.39, 0.29) is 11.9 Å². The summed E-state index contributed by atoms with van der Waals surface area (Å²) < 4.78 is 13.9. The number of aromatic nitrogens is 1. The Balaban J connectivity index is 1.92. The zero-order valence-electron chi connectivity index (χ0n) is 12.6. The van der Waals surface area contributed by atoms with Crippen LogP contribution in [0.3, 0.4) is 0 Å². The molecule has 1 aromatic carbocycles. The van der Waals surface area contributed by atoms with Crippen LogP contribution in [0, 0.1) is 5.82 Å². The van der Waals surface area contributed by atoms with E-state index < -0.39 is 0 Å². The topological polar surface area (TPSA) is 28.2 Å². The second-order valence-electron chi connectivity index (χ2n) is 5.14. The van der Waals surface area contributed by atoms with Crippen molar-refractivity contribution in [1.82, 2.24) is 15.2 Å². The minimum absolute atomic E-state index is 0.0501. The van der Waals surface area contributed by atoms with Gasteiger partial charge in [0, 0.05) is 30.1 Å². The summed E-state index contributed by atoms with van der Waals surface area (Å²) in [6.45, 7) is 4.60. The van der Waals surface area contributed by atoms with Crippen LogP contribution in [0.5, 0.6) is 0 Å². The fourth-order valence-corrected chi connectivity index (χ4v) is 2.94. The Kier molecular flexibility index (Phi) is 6.29. The van der Waals surface area contributed by atoms with Gasteiger partial charge >= 0.3 is 0 Å². The summed E-state index contributed by atoms with van der Waals surface area (Å²) in [6.07, 6.45) is 0.870. The van der Waals surface area contributed by atoms with E-state index in [0.29, 0.717) is 0 Å². The Morgan fingerprint density at radius 2 is 2.19 bits per heavy atom. The third-order valence-corrected chi connectivity index (χ3v) is 4.08. The molecule has 5 heteroatoms. The zero-order chi connectivity index (χ0) is 15.1. The van der Waals surface area contributed by atoms with Crippen LogP contribution in [0.1, 0.15) is 30.6 Å². The molecule has 3 nitrogen and oxygen atoms in total. The molecule has 1 N–H and O–H groups in total. The molecule has 1 atom stereocenters. The molecule has 114 valence electrons. The smallest absolute Gasteiger partial charge is 0.127 e. The van der Waals surface area contributed by atoms with E-state index in [9.17, 15) is 4.39 Å². The molecule has 2 aromatic rings. The van der Waals surface area contributed by atoms with Crippen molar-refractivity contribution < 1.29 is 4.39 Å². The van der Waals surface area contributed by atoms with Gasteiger partial charge < -0.3 is 10.2 Å². The van der Waals surface area contributed by atoms with E-state index in [1.165, 1.54) is 6.07 Å².